The minimum atomic E-state index is -4.92. The number of likely N-dealkylation sites (N-methyl/N-ethyl adjacent to an activating group) is 1. The van der Waals surface area contributed by atoms with Crippen LogP contribution in [0, 0.1) is 15.9 Å². The molecular weight excluding hydrogens is 619 g/mol. The number of nitrogens with one attached hydrogen (secondary N) is 2. The van der Waals surface area contributed by atoms with E-state index in [9.17, 15) is 45.6 Å². The van der Waals surface area contributed by atoms with E-state index in [1.807, 2.05) is 0 Å². The molecule has 0 aliphatic heterocycles. The zero-order chi connectivity index (χ0) is 33.3. The highest BCUT2D eigenvalue weighted by Gasteiger charge is 2.45. The number of rotatable bonds is 9. The van der Waals surface area contributed by atoms with E-state index in [0.29, 0.717) is 16.7 Å². The third kappa shape index (κ3) is 7.66. The fourth-order valence-electron chi connectivity index (χ4n) is 4.26. The van der Waals surface area contributed by atoms with Gasteiger partial charge in [0, 0.05) is 24.2 Å². The molecule has 4 rings (SSSR count). The molecule has 0 fully saturated rings. The Morgan fingerprint density at radius 2 is 1.80 bits per heavy atom. The summed E-state index contributed by atoms with van der Waals surface area (Å²) in [5.41, 5.74) is -1.56. The Kier molecular flexibility index (Phi) is 8.77. The molecule has 2 N–H and O–H groups in total. The summed E-state index contributed by atoms with van der Waals surface area (Å²) in [6.45, 7) is -0.149. The number of amides is 1. The summed E-state index contributed by atoms with van der Waals surface area (Å²) in [6.07, 6.45) is -4.88. The van der Waals surface area contributed by atoms with Gasteiger partial charge in [-0.3, -0.25) is 9.36 Å². The van der Waals surface area contributed by atoms with E-state index < -0.39 is 46.2 Å². The quantitative estimate of drug-likeness (QED) is 0.0818. The van der Waals surface area contributed by atoms with Gasteiger partial charge >= 0.3 is 24.0 Å². The number of nitrogens with zero attached hydrogens (tertiary/aromatic N) is 7. The number of aromatic nitrogens is 5. The van der Waals surface area contributed by atoms with Crippen molar-refractivity contribution in [1.29, 1.82) is 0 Å². The largest absolute Gasteiger partial charge is 0.475 e. The first kappa shape index (κ1) is 32.7. The van der Waals surface area contributed by atoms with Crippen LogP contribution >= 0.6 is 0 Å². The predicted octanol–water partition coefficient (Wildman–Crippen LogP) is 5.36. The molecule has 0 aliphatic rings. The summed E-state index contributed by atoms with van der Waals surface area (Å²) < 4.78 is 93.4. The molecular formula is C26H23F7N9O3+. The van der Waals surface area contributed by atoms with Crippen molar-refractivity contribution in [2.24, 2.45) is 7.05 Å². The highest BCUT2D eigenvalue weighted by Crippen LogP contribution is 2.35. The molecule has 0 spiro atoms. The van der Waals surface area contributed by atoms with Crippen molar-refractivity contribution in [3.63, 3.8) is 0 Å². The molecule has 19 heteroatoms. The van der Waals surface area contributed by atoms with Gasteiger partial charge < -0.3 is 25.2 Å². The molecule has 4 aromatic rings. The van der Waals surface area contributed by atoms with E-state index in [-0.39, 0.29) is 51.5 Å². The molecule has 3 heterocycles. The molecule has 45 heavy (non-hydrogen) atoms. The van der Waals surface area contributed by atoms with Gasteiger partial charge in [-0.15, -0.1) is 0 Å². The average Bonchev–Trinajstić information content (AvgIpc) is 3.25. The summed E-state index contributed by atoms with van der Waals surface area (Å²) in [5, 5.41) is 16.8. The first-order chi connectivity index (χ1) is 20.9. The Labute approximate surface area is 249 Å². The number of carbonyl (C=O) groups is 1. The zero-order valence-corrected chi connectivity index (χ0v) is 23.5. The first-order valence-electron chi connectivity index (χ1n) is 12.7. The molecule has 0 saturated heterocycles. The van der Waals surface area contributed by atoms with Crippen molar-refractivity contribution in [2.75, 3.05) is 31.3 Å². The van der Waals surface area contributed by atoms with Crippen molar-refractivity contribution >= 4 is 40.0 Å². The van der Waals surface area contributed by atoms with Gasteiger partial charge in [0.25, 0.3) is 0 Å². The molecule has 0 radical (unpaired) electrons. The molecule has 1 amide bonds. The number of pyridine rings is 1. The van der Waals surface area contributed by atoms with Gasteiger partial charge in [-0.2, -0.15) is 26.3 Å². The molecule has 0 atom stereocenters. The number of halogens is 7. The fourth-order valence-corrected chi connectivity index (χ4v) is 4.26. The van der Waals surface area contributed by atoms with Gasteiger partial charge in [0.15, 0.2) is 5.69 Å². The Morgan fingerprint density at radius 1 is 1.09 bits per heavy atom. The predicted molar refractivity (Wildman–Crippen MR) is 145 cm³/mol. The van der Waals surface area contributed by atoms with Gasteiger partial charge in [-0.1, -0.05) is 0 Å². The van der Waals surface area contributed by atoms with Crippen LogP contribution in [0.5, 0.6) is 0 Å². The fraction of sp³-hybridized carbons (Fsp3) is 0.269. The standard InChI is InChI=1S/C26H22F7N9O3/c1-40-19(23(41(44)45)39-24(40)26(31,32)33)12-42(2,3)8-4-5-21(43)38-20-10-15-18(11-34-20)35-13-36-22(15)37-14-6-7-17(27)16(9-14)25(28,29)30/h4-7,9-11,13H,8,12H2,1-3H3,(H-,34,35,36,37,38,43)/p+1/b5-4+. The molecule has 3 aromatic heterocycles. The van der Waals surface area contributed by atoms with Gasteiger partial charge in [0.05, 0.1) is 37.9 Å². The number of hydrogen-bond donors (Lipinski definition) is 2. The number of nitro groups is 1. The molecule has 1 aromatic carbocycles. The summed E-state index contributed by atoms with van der Waals surface area (Å²) in [4.78, 5) is 38.2. The summed E-state index contributed by atoms with van der Waals surface area (Å²) in [6, 6.07) is 3.69. The number of alkyl halides is 6. The van der Waals surface area contributed by atoms with Crippen LogP contribution in [0.2, 0.25) is 0 Å². The zero-order valence-electron chi connectivity index (χ0n) is 23.5. The lowest BCUT2D eigenvalue weighted by Gasteiger charge is -2.28. The van der Waals surface area contributed by atoms with Crippen molar-refractivity contribution in [3.05, 3.63) is 82.0 Å². The number of imidazole rings is 1. The number of benzene rings is 1. The normalized spacial score (nSPS) is 12.6. The summed E-state index contributed by atoms with van der Waals surface area (Å²) in [7, 11) is 4.21. The first-order valence-corrected chi connectivity index (χ1v) is 12.7. The second-order valence-corrected chi connectivity index (χ2v) is 10.3. The molecule has 0 saturated carbocycles. The van der Waals surface area contributed by atoms with Gasteiger partial charge in [0.1, 0.15) is 30.3 Å². The maximum Gasteiger partial charge on any atom is 0.475 e. The van der Waals surface area contributed by atoms with Crippen LogP contribution in [-0.4, -0.2) is 60.5 Å². The number of quaternary nitrogens is 1. The third-order valence-electron chi connectivity index (χ3n) is 6.37. The second-order valence-electron chi connectivity index (χ2n) is 10.3. The van der Waals surface area contributed by atoms with E-state index >= 15 is 0 Å². The van der Waals surface area contributed by atoms with Crippen molar-refractivity contribution in [3.8, 4) is 0 Å². The molecule has 0 unspecified atom stereocenters. The maximum absolute atomic E-state index is 13.7. The van der Waals surface area contributed by atoms with E-state index in [1.54, 1.807) is 14.1 Å². The lowest BCUT2D eigenvalue weighted by atomic mass is 10.1. The number of carbonyl (C=O) groups excluding carboxylic acids is 1. The minimum Gasteiger partial charge on any atom is -0.358 e. The summed E-state index contributed by atoms with van der Waals surface area (Å²) >= 11 is 0. The molecule has 12 nitrogen and oxygen atoms in total. The Bertz CT molecular complexity index is 1800. The van der Waals surface area contributed by atoms with Crippen LogP contribution in [0.25, 0.3) is 10.9 Å². The average molecular weight is 643 g/mol. The lowest BCUT2D eigenvalue weighted by molar-refractivity contribution is -0.898. The molecule has 238 valence electrons. The highest BCUT2D eigenvalue weighted by atomic mass is 19.4. The van der Waals surface area contributed by atoms with Crippen molar-refractivity contribution in [1.82, 2.24) is 24.5 Å². The van der Waals surface area contributed by atoms with Gasteiger partial charge in [-0.25, -0.2) is 19.3 Å². The van der Waals surface area contributed by atoms with E-state index in [0.717, 1.165) is 25.5 Å². The third-order valence-corrected chi connectivity index (χ3v) is 6.37. The van der Waals surface area contributed by atoms with E-state index in [4.69, 9.17) is 0 Å². The lowest BCUT2D eigenvalue weighted by Crippen LogP contribution is -2.39. The van der Waals surface area contributed by atoms with Gasteiger partial charge in [0.2, 0.25) is 5.91 Å². The smallest absolute Gasteiger partial charge is 0.358 e. The summed E-state index contributed by atoms with van der Waals surface area (Å²) in [5.74, 6) is -4.37. The van der Waals surface area contributed by atoms with Crippen molar-refractivity contribution < 1.29 is 44.9 Å². The second kappa shape index (κ2) is 12.1. The Morgan fingerprint density at radius 3 is 2.44 bits per heavy atom. The van der Waals surface area contributed by atoms with Crippen molar-refractivity contribution in [2.45, 2.75) is 18.9 Å². The van der Waals surface area contributed by atoms with Crippen LogP contribution in [0.3, 0.4) is 0 Å². The molecule has 0 aliphatic carbocycles. The Balaban J connectivity index is 1.47. The number of hydrogen-bond acceptors (Lipinski definition) is 8. The molecule has 0 bridgehead atoms. The van der Waals surface area contributed by atoms with Crippen LogP contribution in [-0.2, 0) is 30.7 Å². The van der Waals surface area contributed by atoms with Crippen LogP contribution < -0.4 is 10.6 Å². The maximum atomic E-state index is 13.7. The number of fused-ring (bicyclic) bond motifs is 1. The number of anilines is 3. The van der Waals surface area contributed by atoms with E-state index in [1.165, 1.54) is 18.3 Å². The van der Waals surface area contributed by atoms with Gasteiger partial charge in [-0.05, 0) is 40.2 Å². The van der Waals surface area contributed by atoms with Crippen LogP contribution in [0.15, 0.2) is 48.9 Å². The Hall–Kier alpha value is -5.20. The van der Waals surface area contributed by atoms with E-state index in [2.05, 4.69) is 30.6 Å². The highest BCUT2D eigenvalue weighted by molar-refractivity contribution is 6.00. The minimum absolute atomic E-state index is 0.0176. The SMILES string of the molecule is Cn1c(C(F)(F)F)nc([N+](=O)[O-])c1C[N+](C)(C)C/C=C/C(=O)Nc1cc2c(Nc3ccc(F)c(C(F)(F)F)c3)ncnc2cn1. The topological polar surface area (TPSA) is 141 Å². The van der Waals surface area contributed by atoms with Crippen LogP contribution in [0.1, 0.15) is 17.1 Å². The monoisotopic (exact) mass is 642 g/mol. The van der Waals surface area contributed by atoms with Crippen LogP contribution in [0.4, 0.5) is 53.9 Å².